The third-order valence-electron chi connectivity index (χ3n) is 2.58. The van der Waals surface area contributed by atoms with E-state index in [0.717, 1.165) is 3.97 Å². The minimum absolute atomic E-state index is 0.00230. The van der Waals surface area contributed by atoms with Crippen molar-refractivity contribution in [3.63, 3.8) is 0 Å². The molecule has 0 amide bonds. The highest BCUT2D eigenvalue weighted by Crippen LogP contribution is 2.18. The molecule has 0 unspecified atom stereocenters. The molecule has 96 valence electrons. The fraction of sp³-hybridized carbons (Fsp3) is 0. The maximum absolute atomic E-state index is 12.4. The van der Waals surface area contributed by atoms with Crippen LogP contribution in [0, 0.1) is 0 Å². The molecular formula is C11H9N5O2S. The van der Waals surface area contributed by atoms with Gasteiger partial charge in [-0.05, 0) is 12.1 Å². The van der Waals surface area contributed by atoms with Crippen molar-refractivity contribution in [1.29, 1.82) is 0 Å². The zero-order valence-electron chi connectivity index (χ0n) is 9.63. The van der Waals surface area contributed by atoms with Gasteiger partial charge in [-0.25, -0.2) is 22.4 Å². The van der Waals surface area contributed by atoms with Crippen LogP contribution in [-0.4, -0.2) is 27.3 Å². The molecule has 0 spiro atoms. The van der Waals surface area contributed by atoms with Crippen LogP contribution in [0.3, 0.4) is 0 Å². The second-order valence-corrected chi connectivity index (χ2v) is 5.61. The van der Waals surface area contributed by atoms with E-state index in [1.807, 2.05) is 0 Å². The summed E-state index contributed by atoms with van der Waals surface area (Å²) in [6, 6.07) is 8.05. The second-order valence-electron chi connectivity index (χ2n) is 3.80. The molecule has 3 aromatic rings. The third kappa shape index (κ3) is 1.82. The van der Waals surface area contributed by atoms with Crippen molar-refractivity contribution in [2.24, 2.45) is 0 Å². The molecule has 7 nitrogen and oxygen atoms in total. The summed E-state index contributed by atoms with van der Waals surface area (Å²) >= 11 is 0. The Hall–Kier alpha value is -2.48. The topological polar surface area (TPSA) is 104 Å². The zero-order valence-corrected chi connectivity index (χ0v) is 10.4. The lowest BCUT2D eigenvalue weighted by Crippen LogP contribution is -2.12. The molecule has 0 fully saturated rings. The van der Waals surface area contributed by atoms with Gasteiger partial charge in [0.05, 0.1) is 11.1 Å². The summed E-state index contributed by atoms with van der Waals surface area (Å²) in [5.74, 6) is -0.00230. The monoisotopic (exact) mass is 275 g/mol. The van der Waals surface area contributed by atoms with Crippen molar-refractivity contribution >= 4 is 27.1 Å². The number of hydrogen-bond acceptors (Lipinski definition) is 6. The van der Waals surface area contributed by atoms with Crippen molar-refractivity contribution in [2.75, 3.05) is 5.73 Å². The van der Waals surface area contributed by atoms with Crippen LogP contribution in [0.1, 0.15) is 0 Å². The Morgan fingerprint density at radius 1 is 1.11 bits per heavy atom. The Kier molecular flexibility index (Phi) is 2.46. The van der Waals surface area contributed by atoms with E-state index in [0.29, 0.717) is 5.52 Å². The fourth-order valence-corrected chi connectivity index (χ4v) is 2.95. The summed E-state index contributed by atoms with van der Waals surface area (Å²) in [5, 5.41) is 0. The Balaban J connectivity index is 2.28. The lowest BCUT2D eigenvalue weighted by atomic mass is 10.4. The second kappa shape index (κ2) is 4.02. The number of fused-ring (bicyclic) bond motifs is 1. The van der Waals surface area contributed by atoms with Gasteiger partial charge in [0.15, 0.2) is 5.65 Å². The standard InChI is InChI=1S/C11H9N5O2S/c12-11-13-6-9-10(15-11)16(7-14-9)19(17,18)8-4-2-1-3-5-8/h1-7H,(H2,12,13,15). The molecule has 0 radical (unpaired) electrons. The number of hydrogen-bond donors (Lipinski definition) is 1. The van der Waals surface area contributed by atoms with Gasteiger partial charge in [0.25, 0.3) is 10.0 Å². The minimum atomic E-state index is -3.73. The summed E-state index contributed by atoms with van der Waals surface area (Å²) in [4.78, 5) is 11.8. The van der Waals surface area contributed by atoms with Crippen molar-refractivity contribution in [2.45, 2.75) is 4.90 Å². The largest absolute Gasteiger partial charge is 0.368 e. The van der Waals surface area contributed by atoms with Gasteiger partial charge in [0.1, 0.15) is 11.8 Å². The lowest BCUT2D eigenvalue weighted by Gasteiger charge is -2.05. The summed E-state index contributed by atoms with van der Waals surface area (Å²) < 4.78 is 25.9. The van der Waals surface area contributed by atoms with E-state index in [-0.39, 0.29) is 16.5 Å². The van der Waals surface area contributed by atoms with E-state index in [9.17, 15) is 8.42 Å². The molecule has 8 heteroatoms. The van der Waals surface area contributed by atoms with Crippen molar-refractivity contribution in [3.8, 4) is 0 Å². The number of anilines is 1. The maximum atomic E-state index is 12.4. The van der Waals surface area contributed by atoms with Gasteiger partial charge in [0, 0.05) is 0 Å². The van der Waals surface area contributed by atoms with E-state index in [1.54, 1.807) is 18.2 Å². The smallest absolute Gasteiger partial charge is 0.270 e. The predicted molar refractivity (Wildman–Crippen MR) is 68.8 cm³/mol. The van der Waals surface area contributed by atoms with Crippen LogP contribution in [0.5, 0.6) is 0 Å². The lowest BCUT2D eigenvalue weighted by molar-refractivity contribution is 0.588. The normalized spacial score (nSPS) is 11.8. The number of benzene rings is 1. The molecule has 0 aliphatic rings. The highest BCUT2D eigenvalue weighted by Gasteiger charge is 2.20. The van der Waals surface area contributed by atoms with Crippen LogP contribution in [0.25, 0.3) is 11.2 Å². The van der Waals surface area contributed by atoms with Crippen LogP contribution in [-0.2, 0) is 10.0 Å². The van der Waals surface area contributed by atoms with Crippen LogP contribution in [0.4, 0.5) is 5.95 Å². The number of imidazole rings is 1. The van der Waals surface area contributed by atoms with Gasteiger partial charge in [0.2, 0.25) is 5.95 Å². The van der Waals surface area contributed by atoms with E-state index in [2.05, 4.69) is 15.0 Å². The molecule has 2 heterocycles. The van der Waals surface area contributed by atoms with Crippen LogP contribution in [0.2, 0.25) is 0 Å². The maximum Gasteiger partial charge on any atom is 0.270 e. The predicted octanol–water partition coefficient (Wildman–Crippen LogP) is 0.645. The van der Waals surface area contributed by atoms with E-state index in [4.69, 9.17) is 5.73 Å². The first kappa shape index (κ1) is 11.6. The minimum Gasteiger partial charge on any atom is -0.368 e. The van der Waals surface area contributed by atoms with Gasteiger partial charge in [-0.3, -0.25) is 0 Å². The molecule has 1 aromatic carbocycles. The van der Waals surface area contributed by atoms with E-state index < -0.39 is 10.0 Å². The van der Waals surface area contributed by atoms with Crippen molar-refractivity contribution < 1.29 is 8.42 Å². The van der Waals surface area contributed by atoms with Crippen molar-refractivity contribution in [1.82, 2.24) is 18.9 Å². The number of nitrogens with zero attached hydrogens (tertiary/aromatic N) is 4. The average molecular weight is 275 g/mol. The first-order valence-electron chi connectivity index (χ1n) is 5.35. The molecular weight excluding hydrogens is 266 g/mol. The Morgan fingerprint density at radius 3 is 2.58 bits per heavy atom. The van der Waals surface area contributed by atoms with Crippen LogP contribution >= 0.6 is 0 Å². The van der Waals surface area contributed by atoms with Gasteiger partial charge in [-0.1, -0.05) is 18.2 Å². The van der Waals surface area contributed by atoms with Gasteiger partial charge >= 0.3 is 0 Å². The number of rotatable bonds is 2. The van der Waals surface area contributed by atoms with Gasteiger partial charge in [-0.15, -0.1) is 0 Å². The average Bonchev–Trinajstić information content (AvgIpc) is 2.83. The molecule has 0 atom stereocenters. The molecule has 0 saturated carbocycles. The molecule has 0 aliphatic heterocycles. The first-order chi connectivity index (χ1) is 9.09. The van der Waals surface area contributed by atoms with E-state index >= 15 is 0 Å². The Bertz CT molecular complexity index is 842. The third-order valence-corrected chi connectivity index (χ3v) is 4.23. The molecule has 2 aromatic heterocycles. The number of nitrogens with two attached hydrogens (primary N) is 1. The quantitative estimate of drug-likeness (QED) is 0.736. The van der Waals surface area contributed by atoms with Crippen LogP contribution in [0.15, 0.2) is 47.8 Å². The summed E-state index contributed by atoms with van der Waals surface area (Å²) in [5.41, 5.74) is 6.01. The molecule has 0 aliphatic carbocycles. The highest BCUT2D eigenvalue weighted by atomic mass is 32.2. The molecule has 19 heavy (non-hydrogen) atoms. The Labute approximate surface area is 108 Å². The molecule has 0 bridgehead atoms. The summed E-state index contributed by atoms with van der Waals surface area (Å²) in [7, 11) is -3.73. The number of aromatic nitrogens is 4. The summed E-state index contributed by atoms with van der Waals surface area (Å²) in [6.45, 7) is 0. The van der Waals surface area contributed by atoms with Crippen molar-refractivity contribution in [3.05, 3.63) is 42.9 Å². The van der Waals surface area contributed by atoms with Crippen LogP contribution < -0.4 is 5.73 Å². The zero-order chi connectivity index (χ0) is 13.5. The Morgan fingerprint density at radius 2 is 1.84 bits per heavy atom. The van der Waals surface area contributed by atoms with Gasteiger partial charge in [-0.2, -0.15) is 4.98 Å². The molecule has 2 N–H and O–H groups in total. The SMILES string of the molecule is Nc1ncc2ncn(S(=O)(=O)c3ccccc3)c2n1. The summed E-state index contributed by atoms with van der Waals surface area (Å²) in [6.07, 6.45) is 2.58. The highest BCUT2D eigenvalue weighted by molar-refractivity contribution is 7.90. The first-order valence-corrected chi connectivity index (χ1v) is 6.79. The molecule has 3 rings (SSSR count). The molecule has 0 saturated heterocycles. The number of nitrogen functional groups attached to an aromatic ring is 1. The fourth-order valence-electron chi connectivity index (χ4n) is 1.68. The van der Waals surface area contributed by atoms with Gasteiger partial charge < -0.3 is 5.73 Å². The van der Waals surface area contributed by atoms with E-state index in [1.165, 1.54) is 24.7 Å².